The molecular formula is C20H18N2O5S. The van der Waals surface area contributed by atoms with Gasteiger partial charge in [-0.05, 0) is 55.5 Å². The van der Waals surface area contributed by atoms with Gasteiger partial charge < -0.3 is 19.9 Å². The van der Waals surface area contributed by atoms with Crippen LogP contribution in [0.1, 0.15) is 12.5 Å². The van der Waals surface area contributed by atoms with E-state index < -0.39 is 12.6 Å². The summed E-state index contributed by atoms with van der Waals surface area (Å²) in [5.41, 5.74) is 1.45. The van der Waals surface area contributed by atoms with E-state index >= 15 is 0 Å². The second kappa shape index (κ2) is 8.53. The van der Waals surface area contributed by atoms with Crippen molar-refractivity contribution in [1.29, 1.82) is 0 Å². The summed E-state index contributed by atoms with van der Waals surface area (Å²) in [6.07, 6.45) is 1.58. The van der Waals surface area contributed by atoms with Crippen molar-refractivity contribution in [2.24, 2.45) is 0 Å². The minimum Gasteiger partial charge on any atom is -0.494 e. The second-order valence-corrected chi connectivity index (χ2v) is 6.16. The van der Waals surface area contributed by atoms with Crippen LogP contribution in [-0.2, 0) is 9.59 Å². The fourth-order valence-corrected chi connectivity index (χ4v) is 2.95. The molecule has 0 unspecified atom stereocenters. The number of amides is 1. The van der Waals surface area contributed by atoms with E-state index in [0.29, 0.717) is 29.4 Å². The molecule has 1 aliphatic heterocycles. The van der Waals surface area contributed by atoms with Crippen LogP contribution in [-0.4, -0.2) is 35.3 Å². The zero-order valence-electron chi connectivity index (χ0n) is 15.0. The van der Waals surface area contributed by atoms with Gasteiger partial charge in [-0.1, -0.05) is 18.2 Å². The average molecular weight is 398 g/mol. The number of benzene rings is 2. The lowest BCUT2D eigenvalue weighted by atomic mass is 10.1. The predicted octanol–water partition coefficient (Wildman–Crippen LogP) is 2.81. The standard InChI is InChI=1S/C20H18N2O5S/c1-2-26-15-9-7-14(8-10-15)22-19(25)16(21-20(22)28)11-13-5-3-4-6-17(13)27-12-18(23)24/h3-11H,2,12H2,1H3,(H,21,28)(H,23,24). The molecule has 3 rings (SSSR count). The number of hydrogen-bond donors (Lipinski definition) is 2. The van der Waals surface area contributed by atoms with Crippen molar-refractivity contribution < 1.29 is 24.2 Å². The first-order valence-electron chi connectivity index (χ1n) is 8.53. The fourth-order valence-electron chi connectivity index (χ4n) is 2.65. The van der Waals surface area contributed by atoms with Crippen LogP contribution in [0, 0.1) is 0 Å². The summed E-state index contributed by atoms with van der Waals surface area (Å²) in [6.45, 7) is 1.97. The van der Waals surface area contributed by atoms with Crippen LogP contribution in [0.15, 0.2) is 54.2 Å². The first-order chi connectivity index (χ1) is 13.5. The number of ether oxygens (including phenoxy) is 2. The van der Waals surface area contributed by atoms with Crippen LogP contribution in [0.2, 0.25) is 0 Å². The highest BCUT2D eigenvalue weighted by atomic mass is 32.1. The summed E-state index contributed by atoms with van der Waals surface area (Å²) in [5, 5.41) is 12.0. The van der Waals surface area contributed by atoms with Gasteiger partial charge in [-0.2, -0.15) is 0 Å². The minimum absolute atomic E-state index is 0.254. The average Bonchev–Trinajstić information content (AvgIpc) is 2.95. The first kappa shape index (κ1) is 19.4. The van der Waals surface area contributed by atoms with Crippen molar-refractivity contribution in [2.45, 2.75) is 6.92 Å². The second-order valence-electron chi connectivity index (χ2n) is 5.78. The number of rotatable bonds is 7. The summed E-state index contributed by atoms with van der Waals surface area (Å²) in [7, 11) is 0. The number of nitrogens with zero attached hydrogens (tertiary/aromatic N) is 1. The molecule has 0 saturated carbocycles. The number of carbonyl (C=O) groups excluding carboxylic acids is 1. The molecule has 0 atom stereocenters. The van der Waals surface area contributed by atoms with E-state index in [1.807, 2.05) is 6.92 Å². The first-order valence-corrected chi connectivity index (χ1v) is 8.94. The van der Waals surface area contributed by atoms with E-state index in [-0.39, 0.29) is 16.7 Å². The predicted molar refractivity (Wildman–Crippen MR) is 108 cm³/mol. The number of carbonyl (C=O) groups is 2. The van der Waals surface area contributed by atoms with Crippen LogP contribution in [0.5, 0.6) is 11.5 Å². The van der Waals surface area contributed by atoms with Crippen LogP contribution in [0.3, 0.4) is 0 Å². The lowest BCUT2D eigenvalue weighted by molar-refractivity contribution is -0.139. The smallest absolute Gasteiger partial charge is 0.341 e. The molecule has 8 heteroatoms. The Morgan fingerprint density at radius 3 is 2.57 bits per heavy atom. The van der Waals surface area contributed by atoms with Crippen LogP contribution in [0.25, 0.3) is 6.08 Å². The molecule has 0 aromatic heterocycles. The number of thiocarbonyl (C=S) groups is 1. The van der Waals surface area contributed by atoms with Crippen LogP contribution in [0.4, 0.5) is 5.69 Å². The lowest BCUT2D eigenvalue weighted by Gasteiger charge is -2.14. The van der Waals surface area contributed by atoms with Gasteiger partial charge in [-0.25, -0.2) is 4.79 Å². The molecule has 1 fully saturated rings. The Labute approximate surface area is 167 Å². The lowest BCUT2D eigenvalue weighted by Crippen LogP contribution is -2.30. The summed E-state index contributed by atoms with van der Waals surface area (Å²) >= 11 is 5.31. The summed E-state index contributed by atoms with van der Waals surface area (Å²) in [6, 6.07) is 13.9. The maximum absolute atomic E-state index is 12.9. The molecule has 1 amide bonds. The third kappa shape index (κ3) is 4.29. The van der Waals surface area contributed by atoms with E-state index in [1.54, 1.807) is 54.6 Å². The highest BCUT2D eigenvalue weighted by Crippen LogP contribution is 2.27. The highest BCUT2D eigenvalue weighted by Gasteiger charge is 2.32. The zero-order chi connectivity index (χ0) is 20.1. The van der Waals surface area contributed by atoms with Gasteiger partial charge >= 0.3 is 5.97 Å². The molecule has 1 saturated heterocycles. The number of para-hydroxylation sites is 1. The van der Waals surface area contributed by atoms with Gasteiger partial charge in [0, 0.05) is 5.56 Å². The molecule has 0 radical (unpaired) electrons. The molecule has 144 valence electrons. The summed E-state index contributed by atoms with van der Waals surface area (Å²) in [5.74, 6) is -0.336. The minimum atomic E-state index is -1.08. The SMILES string of the molecule is CCOc1ccc(N2C(=O)C(=Cc3ccccc3OCC(=O)O)NC2=S)cc1. The van der Waals surface area contributed by atoms with Crippen molar-refractivity contribution in [1.82, 2.24) is 5.32 Å². The maximum Gasteiger partial charge on any atom is 0.341 e. The van der Waals surface area contributed by atoms with Crippen molar-refractivity contribution in [3.8, 4) is 11.5 Å². The van der Waals surface area contributed by atoms with Gasteiger partial charge in [0.05, 0.1) is 12.3 Å². The normalized spacial score (nSPS) is 14.9. The summed E-state index contributed by atoms with van der Waals surface area (Å²) in [4.78, 5) is 25.0. The van der Waals surface area contributed by atoms with Crippen LogP contribution < -0.4 is 19.7 Å². The Bertz CT molecular complexity index is 940. The number of aliphatic carboxylic acids is 1. The zero-order valence-corrected chi connectivity index (χ0v) is 15.9. The number of hydrogen-bond acceptors (Lipinski definition) is 5. The largest absolute Gasteiger partial charge is 0.494 e. The molecule has 0 aliphatic carbocycles. The molecule has 2 N–H and O–H groups in total. The Balaban J connectivity index is 1.84. The monoisotopic (exact) mass is 398 g/mol. The summed E-state index contributed by atoms with van der Waals surface area (Å²) < 4.78 is 10.7. The fraction of sp³-hybridized carbons (Fsp3) is 0.150. The van der Waals surface area contributed by atoms with Crippen molar-refractivity contribution in [3.05, 3.63) is 59.8 Å². The van der Waals surface area contributed by atoms with E-state index in [1.165, 1.54) is 4.90 Å². The van der Waals surface area contributed by atoms with E-state index in [0.717, 1.165) is 0 Å². The Morgan fingerprint density at radius 2 is 1.89 bits per heavy atom. The van der Waals surface area contributed by atoms with Gasteiger partial charge in [-0.3, -0.25) is 9.69 Å². The van der Waals surface area contributed by atoms with Crippen LogP contribution >= 0.6 is 12.2 Å². The number of anilines is 1. The van der Waals surface area contributed by atoms with E-state index in [9.17, 15) is 9.59 Å². The van der Waals surface area contributed by atoms with Crippen molar-refractivity contribution >= 4 is 41.0 Å². The number of carboxylic acids is 1. The molecule has 7 nitrogen and oxygen atoms in total. The van der Waals surface area contributed by atoms with Gasteiger partial charge in [0.1, 0.15) is 17.2 Å². The van der Waals surface area contributed by atoms with E-state index in [2.05, 4.69) is 5.32 Å². The molecule has 1 heterocycles. The third-order valence-corrected chi connectivity index (χ3v) is 4.14. The van der Waals surface area contributed by atoms with Crippen molar-refractivity contribution in [3.63, 3.8) is 0 Å². The van der Waals surface area contributed by atoms with Gasteiger partial charge in [-0.15, -0.1) is 0 Å². The molecule has 0 bridgehead atoms. The Kier molecular flexibility index (Phi) is 5.90. The Morgan fingerprint density at radius 1 is 1.18 bits per heavy atom. The van der Waals surface area contributed by atoms with Gasteiger partial charge in [0.25, 0.3) is 5.91 Å². The number of nitrogens with one attached hydrogen (secondary N) is 1. The quantitative estimate of drug-likeness (QED) is 0.548. The molecular weight excluding hydrogens is 380 g/mol. The van der Waals surface area contributed by atoms with Gasteiger partial charge in [0.15, 0.2) is 11.7 Å². The molecule has 28 heavy (non-hydrogen) atoms. The third-order valence-electron chi connectivity index (χ3n) is 3.85. The topological polar surface area (TPSA) is 88.1 Å². The maximum atomic E-state index is 12.9. The number of carboxylic acid groups (broad SMARTS) is 1. The highest BCUT2D eigenvalue weighted by molar-refractivity contribution is 7.80. The molecule has 2 aromatic rings. The van der Waals surface area contributed by atoms with E-state index in [4.69, 9.17) is 26.8 Å². The Hall–Kier alpha value is -3.39. The van der Waals surface area contributed by atoms with Crippen molar-refractivity contribution in [2.75, 3.05) is 18.1 Å². The molecule has 1 aliphatic rings. The molecule has 0 spiro atoms. The van der Waals surface area contributed by atoms with Gasteiger partial charge in [0.2, 0.25) is 0 Å². The molecule has 2 aromatic carbocycles.